The van der Waals surface area contributed by atoms with Gasteiger partial charge in [-0.1, -0.05) is 65.5 Å². The summed E-state index contributed by atoms with van der Waals surface area (Å²) in [5.41, 5.74) is 2.29. The van der Waals surface area contributed by atoms with Crippen LogP contribution in [0.1, 0.15) is 118 Å². The molecule has 7 nitrogen and oxygen atoms in total. The lowest BCUT2D eigenvalue weighted by atomic mass is 9.47. The van der Waals surface area contributed by atoms with E-state index in [4.69, 9.17) is 23.4 Å². The number of esters is 1. The van der Waals surface area contributed by atoms with E-state index in [0.717, 1.165) is 60.5 Å². The van der Waals surface area contributed by atoms with E-state index in [9.17, 15) is 9.59 Å². The van der Waals surface area contributed by atoms with Gasteiger partial charge in [0.25, 0.3) is 0 Å². The summed E-state index contributed by atoms with van der Waals surface area (Å²) < 4.78 is 29.3. The number of aryl methyl sites for hydroxylation is 1. The predicted octanol–water partition coefficient (Wildman–Crippen LogP) is 11.6. The topological polar surface area (TPSA) is 84.2 Å². The number of allylic oxidation sites excluding steroid dienone is 1. The third-order valence-electron chi connectivity index (χ3n) is 14.3. The number of rotatable bonds is 13. The quantitative estimate of drug-likeness (QED) is 0.127. The van der Waals surface area contributed by atoms with Gasteiger partial charge in [0.15, 0.2) is 6.61 Å². The molecule has 1 heterocycles. The van der Waals surface area contributed by atoms with E-state index in [1.807, 2.05) is 6.92 Å². The first kappa shape index (κ1) is 38.5. The van der Waals surface area contributed by atoms with Crippen molar-refractivity contribution < 1.29 is 28.2 Å². The van der Waals surface area contributed by atoms with E-state index in [1.54, 1.807) is 49.4 Å². The molecule has 8 atom stereocenters. The van der Waals surface area contributed by atoms with Crippen LogP contribution in [0.2, 0.25) is 0 Å². The maximum Gasteiger partial charge on any atom is 0.344 e. The second-order valence-electron chi connectivity index (χ2n) is 17.9. The number of fused-ring (bicyclic) bond motifs is 6. The van der Waals surface area contributed by atoms with E-state index in [2.05, 4.69) is 40.7 Å². The summed E-state index contributed by atoms with van der Waals surface area (Å²) in [6, 6.07) is 12.1. The van der Waals surface area contributed by atoms with Gasteiger partial charge >= 0.3 is 5.97 Å². The molecule has 1 aromatic heterocycles. The molecule has 0 aliphatic heterocycles. The fraction of sp³-hybridized carbons (Fsp3) is 0.617. The number of hydrogen-bond acceptors (Lipinski definition) is 7. The standard InChI is InChI=1S/C47H62O7/c1-8-50-33-13-15-34(16-14-33)54-45-31(5)52-42-27-35(17-19-38(42)44(45)49)51-28-43(48)53-36-22-24-46(6)32(26-36)12-18-37-40-21-20-39(30(4)11-9-10-29(2)3)47(40,7)25-23-41(37)46/h12-17,19,27,29-30,36-37,39-41H,8-11,18,20-26,28H2,1-7H3/t30-,36+,37-,39-,40+,41-,46+,47+/m0/s1. The van der Waals surface area contributed by atoms with Crippen LogP contribution >= 0.6 is 0 Å². The average Bonchev–Trinajstić information content (AvgIpc) is 3.50. The van der Waals surface area contributed by atoms with Crippen LogP contribution in [0.4, 0.5) is 0 Å². The third-order valence-corrected chi connectivity index (χ3v) is 14.3. The monoisotopic (exact) mass is 738 g/mol. The van der Waals surface area contributed by atoms with E-state index < -0.39 is 0 Å². The van der Waals surface area contributed by atoms with Crippen molar-refractivity contribution >= 4 is 16.9 Å². The lowest BCUT2D eigenvalue weighted by molar-refractivity contribution is -0.153. The van der Waals surface area contributed by atoms with Gasteiger partial charge in [-0.05, 0) is 142 Å². The van der Waals surface area contributed by atoms with Gasteiger partial charge in [-0.15, -0.1) is 0 Å². The Morgan fingerprint density at radius 1 is 0.907 bits per heavy atom. The molecule has 0 bridgehead atoms. The fourth-order valence-corrected chi connectivity index (χ4v) is 11.5. The van der Waals surface area contributed by atoms with E-state index in [1.165, 1.54) is 56.9 Å². The summed E-state index contributed by atoms with van der Waals surface area (Å²) in [6.07, 6.45) is 16.0. The molecule has 292 valence electrons. The molecular weight excluding hydrogens is 677 g/mol. The summed E-state index contributed by atoms with van der Waals surface area (Å²) in [7, 11) is 0. The van der Waals surface area contributed by atoms with Gasteiger partial charge in [-0.2, -0.15) is 0 Å². The second-order valence-corrected chi connectivity index (χ2v) is 17.9. The number of hydrogen-bond donors (Lipinski definition) is 0. The van der Waals surface area contributed by atoms with Gasteiger partial charge in [0.2, 0.25) is 11.2 Å². The zero-order valence-corrected chi connectivity index (χ0v) is 33.7. The van der Waals surface area contributed by atoms with Crippen LogP contribution in [0, 0.1) is 53.3 Å². The zero-order chi connectivity index (χ0) is 38.2. The van der Waals surface area contributed by atoms with Crippen LogP contribution in [0.15, 0.2) is 63.3 Å². The van der Waals surface area contributed by atoms with Gasteiger partial charge < -0.3 is 23.4 Å². The summed E-state index contributed by atoms with van der Waals surface area (Å²) >= 11 is 0. The maximum atomic E-state index is 13.3. The lowest BCUT2D eigenvalue weighted by Crippen LogP contribution is -2.51. The normalized spacial score (nSPS) is 29.5. The van der Waals surface area contributed by atoms with Crippen LogP contribution in [0.25, 0.3) is 11.0 Å². The summed E-state index contributed by atoms with van der Waals surface area (Å²) in [6.45, 7) is 16.4. The molecule has 4 aliphatic carbocycles. The Bertz CT molecular complexity index is 1890. The Kier molecular flexibility index (Phi) is 11.3. The van der Waals surface area contributed by atoms with Crippen LogP contribution in [-0.2, 0) is 9.53 Å². The first-order valence-corrected chi connectivity index (χ1v) is 20.9. The van der Waals surface area contributed by atoms with Gasteiger partial charge in [-0.25, -0.2) is 4.79 Å². The fourth-order valence-electron chi connectivity index (χ4n) is 11.5. The lowest BCUT2D eigenvalue weighted by Gasteiger charge is -2.58. The van der Waals surface area contributed by atoms with Gasteiger partial charge in [0, 0.05) is 12.5 Å². The molecule has 0 saturated heterocycles. The molecule has 0 amide bonds. The van der Waals surface area contributed by atoms with E-state index in [0.29, 0.717) is 40.3 Å². The highest BCUT2D eigenvalue weighted by Crippen LogP contribution is 2.67. The third kappa shape index (κ3) is 7.58. The molecule has 7 heteroatoms. The molecule has 4 aliphatic rings. The highest BCUT2D eigenvalue weighted by molar-refractivity contribution is 5.80. The molecule has 3 aromatic rings. The first-order valence-electron chi connectivity index (χ1n) is 20.9. The van der Waals surface area contributed by atoms with Crippen molar-refractivity contribution in [2.75, 3.05) is 13.2 Å². The Labute approximate surface area is 322 Å². The minimum Gasteiger partial charge on any atom is -0.494 e. The molecule has 54 heavy (non-hydrogen) atoms. The van der Waals surface area contributed by atoms with Gasteiger partial charge in [0.1, 0.15) is 34.7 Å². The Balaban J connectivity index is 0.936. The molecule has 0 radical (unpaired) electrons. The average molecular weight is 739 g/mol. The van der Waals surface area contributed by atoms with Gasteiger partial charge in [-0.3, -0.25) is 4.79 Å². The van der Waals surface area contributed by atoms with Crippen molar-refractivity contribution in [1.29, 1.82) is 0 Å². The highest BCUT2D eigenvalue weighted by Gasteiger charge is 2.59. The molecule has 0 N–H and O–H groups in total. The van der Waals surface area contributed by atoms with Crippen molar-refractivity contribution in [2.24, 2.45) is 46.3 Å². The van der Waals surface area contributed by atoms with Crippen molar-refractivity contribution in [3.63, 3.8) is 0 Å². The predicted molar refractivity (Wildman–Crippen MR) is 213 cm³/mol. The van der Waals surface area contributed by atoms with Crippen molar-refractivity contribution in [3.05, 3.63) is 70.1 Å². The van der Waals surface area contributed by atoms with Crippen molar-refractivity contribution in [3.8, 4) is 23.0 Å². The Hall–Kier alpha value is -3.74. The SMILES string of the molecule is CCOc1ccc(Oc2c(C)oc3cc(OCC(=O)O[C@@H]4CC[C@]5(C)C(=CC[C@H]6[C@H]7CC[C@@H]([C@@H](C)CCCC(C)C)[C@@]7(C)CC[C@@H]65)C4)ccc3c2=O)cc1. The minimum absolute atomic E-state index is 0.126. The van der Waals surface area contributed by atoms with Gasteiger partial charge in [0.05, 0.1) is 12.0 Å². The first-order chi connectivity index (χ1) is 25.9. The summed E-state index contributed by atoms with van der Waals surface area (Å²) in [5, 5.41) is 0.367. The molecule has 0 spiro atoms. The summed E-state index contributed by atoms with van der Waals surface area (Å²) in [5.74, 6) is 6.62. The number of carbonyl (C=O) groups is 1. The molecular formula is C47H62O7. The van der Waals surface area contributed by atoms with E-state index in [-0.39, 0.29) is 35.3 Å². The Morgan fingerprint density at radius 2 is 1.67 bits per heavy atom. The molecule has 3 fully saturated rings. The van der Waals surface area contributed by atoms with Crippen molar-refractivity contribution in [2.45, 2.75) is 125 Å². The molecule has 2 aromatic carbocycles. The summed E-state index contributed by atoms with van der Waals surface area (Å²) in [4.78, 5) is 26.4. The van der Waals surface area contributed by atoms with Crippen LogP contribution < -0.4 is 19.6 Å². The molecule has 3 saturated carbocycles. The number of carbonyl (C=O) groups excluding carboxylic acids is 1. The minimum atomic E-state index is -0.373. The van der Waals surface area contributed by atoms with Crippen LogP contribution in [0.3, 0.4) is 0 Å². The highest BCUT2D eigenvalue weighted by atomic mass is 16.6. The number of ether oxygens (including phenoxy) is 4. The molecule has 0 unspecified atom stereocenters. The van der Waals surface area contributed by atoms with Crippen LogP contribution in [-0.4, -0.2) is 25.3 Å². The number of benzene rings is 2. The Morgan fingerprint density at radius 3 is 2.43 bits per heavy atom. The second kappa shape index (κ2) is 15.8. The van der Waals surface area contributed by atoms with Crippen molar-refractivity contribution in [1.82, 2.24) is 0 Å². The zero-order valence-electron chi connectivity index (χ0n) is 33.7. The van der Waals surface area contributed by atoms with Crippen LogP contribution in [0.5, 0.6) is 23.0 Å². The maximum absolute atomic E-state index is 13.3. The smallest absolute Gasteiger partial charge is 0.344 e. The molecule has 7 rings (SSSR count). The largest absolute Gasteiger partial charge is 0.494 e. The van der Waals surface area contributed by atoms with E-state index >= 15 is 0 Å².